The first-order valence-corrected chi connectivity index (χ1v) is 17.1. The van der Waals surface area contributed by atoms with E-state index >= 15 is 0 Å². The maximum absolute atomic E-state index is 6.93. The smallest absolute Gasteiger partial charge is 0.388 e. The van der Waals surface area contributed by atoms with Gasteiger partial charge in [0, 0.05) is 13.2 Å². The van der Waals surface area contributed by atoms with Crippen molar-refractivity contribution in [2.75, 3.05) is 13.2 Å². The van der Waals surface area contributed by atoms with Gasteiger partial charge < -0.3 is 8.85 Å². The Hall–Kier alpha value is -1.42. The highest BCUT2D eigenvalue weighted by molar-refractivity contribution is 6.92. The molecule has 1 atom stereocenters. The average molecular weight is 525 g/mol. The standard InChI is InChI=1S/C34H56O2Si/c1-6-7-8-9-10-11-12-13-14-15-16-23-28-35-37(32-24-19-17-20-25-32,33-26-21-18-22-27-33)36-30-31(2)29-34(3,4)5/h17-22,24-27,31H,6-16,23,28-30H2,1-5H3. The summed E-state index contributed by atoms with van der Waals surface area (Å²) in [5, 5.41) is 2.42. The van der Waals surface area contributed by atoms with Crippen molar-refractivity contribution >= 4 is 18.9 Å². The molecule has 37 heavy (non-hydrogen) atoms. The lowest BCUT2D eigenvalue weighted by Crippen LogP contribution is -2.64. The van der Waals surface area contributed by atoms with E-state index in [-0.39, 0.29) is 0 Å². The summed E-state index contributed by atoms with van der Waals surface area (Å²) < 4.78 is 13.8. The van der Waals surface area contributed by atoms with Crippen molar-refractivity contribution in [3.8, 4) is 0 Å². The van der Waals surface area contributed by atoms with E-state index in [2.05, 4.69) is 95.3 Å². The van der Waals surface area contributed by atoms with E-state index in [0.717, 1.165) is 26.1 Å². The number of unbranched alkanes of at least 4 members (excludes halogenated alkanes) is 11. The molecule has 2 aromatic carbocycles. The number of hydrogen-bond acceptors (Lipinski definition) is 2. The molecule has 0 radical (unpaired) electrons. The minimum absolute atomic E-state index is 0.294. The van der Waals surface area contributed by atoms with Crippen molar-refractivity contribution in [3.63, 3.8) is 0 Å². The second kappa shape index (κ2) is 18.0. The molecule has 0 aliphatic carbocycles. The maximum Gasteiger partial charge on any atom is 0.407 e. The number of hydrogen-bond donors (Lipinski definition) is 0. The zero-order valence-corrected chi connectivity index (χ0v) is 25.8. The lowest BCUT2D eigenvalue weighted by Gasteiger charge is -2.33. The fourth-order valence-corrected chi connectivity index (χ4v) is 8.68. The molecule has 208 valence electrons. The van der Waals surface area contributed by atoms with Gasteiger partial charge in [0.1, 0.15) is 0 Å². The normalized spacial score (nSPS) is 13.1. The molecular weight excluding hydrogens is 468 g/mol. The van der Waals surface area contributed by atoms with Crippen LogP contribution in [-0.4, -0.2) is 21.8 Å². The van der Waals surface area contributed by atoms with Crippen LogP contribution in [0.4, 0.5) is 0 Å². The Balaban J connectivity index is 1.91. The second-order valence-corrected chi connectivity index (χ2v) is 15.2. The van der Waals surface area contributed by atoms with Gasteiger partial charge in [-0.3, -0.25) is 0 Å². The van der Waals surface area contributed by atoms with Gasteiger partial charge in [-0.2, -0.15) is 0 Å². The van der Waals surface area contributed by atoms with Crippen LogP contribution >= 0.6 is 0 Å². The van der Waals surface area contributed by atoms with Crippen molar-refractivity contribution in [2.24, 2.45) is 11.3 Å². The molecule has 0 aromatic heterocycles. The van der Waals surface area contributed by atoms with Gasteiger partial charge in [-0.25, -0.2) is 0 Å². The summed E-state index contributed by atoms with van der Waals surface area (Å²) in [5.41, 5.74) is 0.294. The van der Waals surface area contributed by atoms with Gasteiger partial charge in [0.2, 0.25) is 0 Å². The quantitative estimate of drug-likeness (QED) is 0.127. The summed E-state index contributed by atoms with van der Waals surface area (Å²) in [5.74, 6) is 0.481. The third-order valence-corrected chi connectivity index (χ3v) is 10.5. The van der Waals surface area contributed by atoms with Crippen LogP contribution in [0.25, 0.3) is 0 Å². The molecule has 1 unspecified atom stereocenters. The van der Waals surface area contributed by atoms with E-state index in [1.54, 1.807) is 0 Å². The van der Waals surface area contributed by atoms with Crippen molar-refractivity contribution in [1.82, 2.24) is 0 Å². The van der Waals surface area contributed by atoms with E-state index in [9.17, 15) is 0 Å². The highest BCUT2D eigenvalue weighted by atomic mass is 28.4. The first-order valence-electron chi connectivity index (χ1n) is 15.3. The average Bonchev–Trinajstić information content (AvgIpc) is 2.89. The van der Waals surface area contributed by atoms with E-state index < -0.39 is 8.56 Å². The molecule has 2 nitrogen and oxygen atoms in total. The van der Waals surface area contributed by atoms with E-state index in [1.807, 2.05) is 0 Å². The predicted octanol–water partition coefficient (Wildman–Crippen LogP) is 9.05. The van der Waals surface area contributed by atoms with Gasteiger partial charge in [-0.15, -0.1) is 0 Å². The van der Waals surface area contributed by atoms with Crippen molar-refractivity contribution < 1.29 is 8.85 Å². The topological polar surface area (TPSA) is 18.5 Å². The molecule has 0 fully saturated rings. The summed E-state index contributed by atoms with van der Waals surface area (Å²) in [6, 6.07) is 21.5. The maximum atomic E-state index is 6.93. The molecule has 0 spiro atoms. The zero-order chi connectivity index (χ0) is 26.8. The van der Waals surface area contributed by atoms with Crippen LogP contribution in [0.15, 0.2) is 60.7 Å². The summed E-state index contributed by atoms with van der Waals surface area (Å²) in [7, 11) is -2.79. The Morgan fingerprint density at radius 2 is 1.05 bits per heavy atom. The molecule has 0 saturated carbocycles. The van der Waals surface area contributed by atoms with Crippen molar-refractivity contribution in [2.45, 2.75) is 118 Å². The molecule has 0 bridgehead atoms. The largest absolute Gasteiger partial charge is 0.407 e. The fourth-order valence-electron chi connectivity index (χ4n) is 5.38. The number of benzene rings is 2. The summed E-state index contributed by atoms with van der Waals surface area (Å²) in [4.78, 5) is 0. The second-order valence-electron chi connectivity index (χ2n) is 12.3. The first-order chi connectivity index (χ1) is 17.9. The minimum Gasteiger partial charge on any atom is -0.388 e. The van der Waals surface area contributed by atoms with Crippen LogP contribution in [0.2, 0.25) is 0 Å². The predicted molar refractivity (Wildman–Crippen MR) is 164 cm³/mol. The molecule has 2 rings (SSSR count). The Labute approximate surface area is 230 Å². The molecule has 0 aliphatic heterocycles. The third-order valence-electron chi connectivity index (χ3n) is 7.14. The Morgan fingerprint density at radius 3 is 1.49 bits per heavy atom. The lowest BCUT2D eigenvalue weighted by molar-refractivity contribution is 0.148. The zero-order valence-electron chi connectivity index (χ0n) is 24.8. The highest BCUT2D eigenvalue weighted by Crippen LogP contribution is 2.25. The van der Waals surface area contributed by atoms with Crippen LogP contribution in [0.1, 0.15) is 118 Å². The Bertz CT molecular complexity index is 760. The summed E-state index contributed by atoms with van der Waals surface area (Å²) in [6.07, 6.45) is 17.4. The van der Waals surface area contributed by atoms with E-state index in [0.29, 0.717) is 11.3 Å². The van der Waals surface area contributed by atoms with Gasteiger partial charge in [0.15, 0.2) is 0 Å². The molecular formula is C34H56O2Si. The molecule has 0 heterocycles. The molecule has 0 amide bonds. The van der Waals surface area contributed by atoms with Gasteiger partial charge in [-0.1, -0.05) is 166 Å². The van der Waals surface area contributed by atoms with Gasteiger partial charge in [0.05, 0.1) is 0 Å². The SMILES string of the molecule is CCCCCCCCCCCCCCO[Si](OCC(C)CC(C)(C)C)(c1ccccc1)c1ccccc1. The van der Waals surface area contributed by atoms with Crippen molar-refractivity contribution in [3.05, 3.63) is 60.7 Å². The molecule has 0 aliphatic rings. The van der Waals surface area contributed by atoms with Crippen LogP contribution in [0, 0.1) is 11.3 Å². The third kappa shape index (κ3) is 12.8. The summed E-state index contributed by atoms with van der Waals surface area (Å²) >= 11 is 0. The van der Waals surface area contributed by atoms with E-state index in [4.69, 9.17) is 8.85 Å². The van der Waals surface area contributed by atoms with Gasteiger partial charge in [-0.05, 0) is 34.5 Å². The fraction of sp³-hybridized carbons (Fsp3) is 0.647. The minimum atomic E-state index is -2.79. The monoisotopic (exact) mass is 524 g/mol. The van der Waals surface area contributed by atoms with Gasteiger partial charge in [0.25, 0.3) is 0 Å². The van der Waals surface area contributed by atoms with Crippen LogP contribution in [0.5, 0.6) is 0 Å². The Morgan fingerprint density at radius 1 is 0.622 bits per heavy atom. The molecule has 0 N–H and O–H groups in total. The number of rotatable bonds is 20. The Kier molecular flexibility index (Phi) is 15.4. The lowest BCUT2D eigenvalue weighted by atomic mass is 9.86. The van der Waals surface area contributed by atoms with E-state index in [1.165, 1.54) is 81.0 Å². The summed E-state index contributed by atoms with van der Waals surface area (Å²) in [6.45, 7) is 13.0. The van der Waals surface area contributed by atoms with Crippen LogP contribution in [-0.2, 0) is 8.85 Å². The molecule has 2 aromatic rings. The highest BCUT2D eigenvalue weighted by Gasteiger charge is 2.43. The van der Waals surface area contributed by atoms with Gasteiger partial charge >= 0.3 is 8.56 Å². The first kappa shape index (κ1) is 31.8. The van der Waals surface area contributed by atoms with Crippen LogP contribution in [0.3, 0.4) is 0 Å². The molecule has 0 saturated heterocycles. The molecule has 3 heteroatoms. The van der Waals surface area contributed by atoms with Crippen molar-refractivity contribution in [1.29, 1.82) is 0 Å². The van der Waals surface area contributed by atoms with Crippen LogP contribution < -0.4 is 10.4 Å².